The molecule has 0 aliphatic rings. The van der Waals surface area contributed by atoms with Crippen LogP contribution in [0.25, 0.3) is 0 Å². The van der Waals surface area contributed by atoms with Gasteiger partial charge >= 0.3 is 24.0 Å². The Hall–Kier alpha value is -1.55. The van der Waals surface area contributed by atoms with Crippen LogP contribution in [0.3, 0.4) is 0 Å². The van der Waals surface area contributed by atoms with Crippen LogP contribution in [0.4, 0.5) is 30.7 Å². The number of aliphatic carboxylic acids is 1. The molecule has 0 rings (SSSR count). The van der Waals surface area contributed by atoms with Crippen LogP contribution in [-0.2, 0) is 9.59 Å². The van der Waals surface area contributed by atoms with Crippen molar-refractivity contribution >= 4 is 11.9 Å². The molecule has 0 bridgehead atoms. The van der Waals surface area contributed by atoms with E-state index in [9.17, 15) is 40.3 Å². The lowest BCUT2D eigenvalue weighted by Gasteiger charge is -2.27. The van der Waals surface area contributed by atoms with E-state index in [1.807, 2.05) is 0 Å². The van der Waals surface area contributed by atoms with E-state index in [1.165, 1.54) is 0 Å². The Morgan fingerprint density at radius 2 is 1.44 bits per heavy atom. The van der Waals surface area contributed by atoms with Gasteiger partial charge in [-0.15, -0.1) is 0 Å². The summed E-state index contributed by atoms with van der Waals surface area (Å²) in [4.78, 5) is 20.7. The Balaban J connectivity index is 5.16. The van der Waals surface area contributed by atoms with Crippen LogP contribution >= 0.6 is 0 Å². The smallest absolute Gasteiger partial charge is 0.460 e. The predicted molar refractivity (Wildman–Crippen MR) is 41.2 cm³/mol. The normalized spacial score (nSPS) is 15.1. The molecule has 106 valence electrons. The second kappa shape index (κ2) is 4.61. The molecule has 0 aromatic rings. The molecular weight excluding hydrogens is 279 g/mol. The molecule has 0 saturated heterocycles. The van der Waals surface area contributed by atoms with Crippen LogP contribution in [0.5, 0.6) is 0 Å². The maximum atomic E-state index is 12.6. The fourth-order valence-corrected chi connectivity index (χ4v) is 0.670. The lowest BCUT2D eigenvalue weighted by Crippen LogP contribution is -2.61. The summed E-state index contributed by atoms with van der Waals surface area (Å²) in [7, 11) is 0. The minimum absolute atomic E-state index is 0.613. The highest BCUT2D eigenvalue weighted by Gasteiger charge is 2.76. The number of carboxylic acid groups (broad SMARTS) is 1. The summed E-state index contributed by atoms with van der Waals surface area (Å²) >= 11 is 0. The van der Waals surface area contributed by atoms with Gasteiger partial charge in [-0.25, -0.2) is 0 Å². The third-order valence-corrected chi connectivity index (χ3v) is 1.75. The van der Waals surface area contributed by atoms with Crippen molar-refractivity contribution in [1.82, 2.24) is 5.32 Å². The predicted octanol–water partition coefficient (Wildman–Crippen LogP) is 1.41. The van der Waals surface area contributed by atoms with Gasteiger partial charge in [-0.3, -0.25) is 9.59 Å². The van der Waals surface area contributed by atoms with Crippen molar-refractivity contribution in [2.45, 2.75) is 31.0 Å². The molecule has 0 aliphatic carbocycles. The first-order valence-electron chi connectivity index (χ1n) is 4.11. The largest absolute Gasteiger partial charge is 0.480 e. The van der Waals surface area contributed by atoms with E-state index in [1.54, 1.807) is 0 Å². The average Bonchev–Trinajstić information content (AvgIpc) is 2.14. The zero-order valence-corrected chi connectivity index (χ0v) is 8.49. The molecule has 11 heteroatoms. The third kappa shape index (κ3) is 2.82. The number of alkyl halides is 7. The summed E-state index contributed by atoms with van der Waals surface area (Å²) in [5.74, 6) is -17.6. The molecule has 0 radical (unpaired) electrons. The molecule has 0 aromatic carbocycles. The van der Waals surface area contributed by atoms with Crippen molar-refractivity contribution in [1.29, 1.82) is 0 Å². The average molecular weight is 285 g/mol. The maximum Gasteiger partial charge on any atom is 0.460 e. The molecule has 1 unspecified atom stereocenters. The van der Waals surface area contributed by atoms with Crippen molar-refractivity contribution < 1.29 is 45.4 Å². The minimum atomic E-state index is -6.65. The number of hydrogen-bond acceptors (Lipinski definition) is 2. The molecular formula is C7H6F7NO3. The van der Waals surface area contributed by atoms with E-state index in [4.69, 9.17) is 5.11 Å². The topological polar surface area (TPSA) is 66.4 Å². The molecule has 1 amide bonds. The zero-order valence-electron chi connectivity index (χ0n) is 8.49. The standard InChI is InChI=1S/C7H6F7NO3/c1-2(3(16)17)15-4(18)5(8,9)6(10,11)7(12,13)14/h2H,1H3,(H,15,18)(H,16,17). The van der Waals surface area contributed by atoms with Gasteiger partial charge in [0.05, 0.1) is 0 Å². The van der Waals surface area contributed by atoms with E-state index in [-0.39, 0.29) is 0 Å². The highest BCUT2D eigenvalue weighted by atomic mass is 19.4. The van der Waals surface area contributed by atoms with Crippen LogP contribution in [0.2, 0.25) is 0 Å². The number of nitrogens with one attached hydrogen (secondary N) is 1. The molecule has 0 fully saturated rings. The van der Waals surface area contributed by atoms with E-state index < -0.39 is 35.9 Å². The van der Waals surface area contributed by atoms with Crippen molar-refractivity contribution in [2.75, 3.05) is 0 Å². The molecule has 0 saturated carbocycles. The quantitative estimate of drug-likeness (QED) is 0.767. The van der Waals surface area contributed by atoms with E-state index in [0.29, 0.717) is 6.92 Å². The highest BCUT2D eigenvalue weighted by molar-refractivity contribution is 5.88. The van der Waals surface area contributed by atoms with Gasteiger partial charge in [-0.1, -0.05) is 0 Å². The fourth-order valence-electron chi connectivity index (χ4n) is 0.670. The van der Waals surface area contributed by atoms with Crippen molar-refractivity contribution in [3.8, 4) is 0 Å². The number of amides is 1. The van der Waals surface area contributed by atoms with E-state index in [0.717, 1.165) is 5.32 Å². The van der Waals surface area contributed by atoms with Crippen molar-refractivity contribution in [3.05, 3.63) is 0 Å². The number of carbonyl (C=O) groups excluding carboxylic acids is 1. The van der Waals surface area contributed by atoms with Gasteiger partial charge in [-0.2, -0.15) is 30.7 Å². The molecule has 0 aliphatic heterocycles. The van der Waals surface area contributed by atoms with Gasteiger partial charge < -0.3 is 10.4 Å². The van der Waals surface area contributed by atoms with Gasteiger partial charge in [0.15, 0.2) is 0 Å². The number of halogens is 7. The summed E-state index contributed by atoms with van der Waals surface area (Å²) in [6.07, 6.45) is -6.65. The lowest BCUT2D eigenvalue weighted by molar-refractivity contribution is -0.344. The summed E-state index contributed by atoms with van der Waals surface area (Å²) in [6.45, 7) is 0.613. The first-order chi connectivity index (χ1) is 7.75. The Kier molecular flexibility index (Phi) is 4.21. The van der Waals surface area contributed by atoms with Gasteiger partial charge in [-0.05, 0) is 6.92 Å². The fraction of sp³-hybridized carbons (Fsp3) is 0.714. The van der Waals surface area contributed by atoms with Gasteiger partial charge in [0, 0.05) is 0 Å². The van der Waals surface area contributed by atoms with E-state index >= 15 is 0 Å². The molecule has 0 aromatic heterocycles. The monoisotopic (exact) mass is 285 g/mol. The second-order valence-corrected chi connectivity index (χ2v) is 3.18. The highest BCUT2D eigenvalue weighted by Crippen LogP contribution is 2.46. The number of carboxylic acids is 1. The molecule has 4 nitrogen and oxygen atoms in total. The Bertz CT molecular complexity index is 351. The second-order valence-electron chi connectivity index (χ2n) is 3.18. The summed E-state index contributed by atoms with van der Waals surface area (Å²) in [5.41, 5.74) is 0. The van der Waals surface area contributed by atoms with E-state index in [2.05, 4.69) is 0 Å². The minimum Gasteiger partial charge on any atom is -0.480 e. The van der Waals surface area contributed by atoms with Crippen molar-refractivity contribution in [3.63, 3.8) is 0 Å². The van der Waals surface area contributed by atoms with Gasteiger partial charge in [0.2, 0.25) is 0 Å². The molecule has 0 spiro atoms. The van der Waals surface area contributed by atoms with Crippen LogP contribution in [0, 0.1) is 0 Å². The lowest BCUT2D eigenvalue weighted by atomic mass is 10.1. The number of hydrogen-bond donors (Lipinski definition) is 2. The maximum absolute atomic E-state index is 12.6. The van der Waals surface area contributed by atoms with Crippen molar-refractivity contribution in [2.24, 2.45) is 0 Å². The number of rotatable bonds is 4. The molecule has 2 N–H and O–H groups in total. The van der Waals surface area contributed by atoms with Crippen LogP contribution < -0.4 is 5.32 Å². The zero-order chi connectivity index (χ0) is 14.9. The van der Waals surface area contributed by atoms with Gasteiger partial charge in [0.1, 0.15) is 6.04 Å². The SMILES string of the molecule is CC(NC(=O)C(F)(F)C(F)(F)C(F)(F)F)C(=O)O. The van der Waals surface area contributed by atoms with Crippen LogP contribution in [-0.4, -0.2) is 41.0 Å². The molecule has 18 heavy (non-hydrogen) atoms. The third-order valence-electron chi connectivity index (χ3n) is 1.75. The first kappa shape index (κ1) is 16.4. The van der Waals surface area contributed by atoms with Crippen LogP contribution in [0.1, 0.15) is 6.92 Å². The molecule has 1 atom stereocenters. The molecule has 0 heterocycles. The number of carbonyl (C=O) groups is 2. The summed E-state index contributed by atoms with van der Waals surface area (Å²) < 4.78 is 84.9. The first-order valence-corrected chi connectivity index (χ1v) is 4.11. The Labute approximate surface area is 94.8 Å². The summed E-state index contributed by atoms with van der Waals surface area (Å²) in [5, 5.41) is 9.02. The van der Waals surface area contributed by atoms with Crippen LogP contribution in [0.15, 0.2) is 0 Å². The van der Waals surface area contributed by atoms with Gasteiger partial charge in [0.25, 0.3) is 5.91 Å². The summed E-state index contributed by atoms with van der Waals surface area (Å²) in [6, 6.07) is -2.05. The Morgan fingerprint density at radius 1 is 1.06 bits per heavy atom. The Morgan fingerprint density at radius 3 is 1.72 bits per heavy atom.